The number of likely N-dealkylation sites (N-methyl/N-ethyl adjacent to an activating group) is 1. The van der Waals surface area contributed by atoms with Gasteiger partial charge in [0.25, 0.3) is 17.9 Å². The number of halogens is 3. The van der Waals surface area contributed by atoms with Crippen LogP contribution >= 0.6 is 11.6 Å². The van der Waals surface area contributed by atoms with Crippen LogP contribution < -0.4 is 51.4 Å². The number of anilines is 5. The number of aromatic nitrogens is 5. The molecule has 0 atom stereocenters. The Hall–Kier alpha value is -7.98. The van der Waals surface area contributed by atoms with Crippen LogP contribution in [-0.4, -0.2) is 184 Å². The molecular formula is C60H79ClF2N15O10+. The van der Waals surface area contributed by atoms with Crippen LogP contribution in [0.15, 0.2) is 47.5 Å². The summed E-state index contributed by atoms with van der Waals surface area (Å²) in [6, 6.07) is 8.20. The first kappa shape index (κ1) is 64.5. The van der Waals surface area contributed by atoms with E-state index in [1.165, 1.54) is 24.9 Å². The number of methoxy groups -OCH3 is 1. The number of pyridine rings is 1. The number of hydrogen-bond donors (Lipinski definition) is 6. The number of rotatable bonds is 26. The van der Waals surface area contributed by atoms with Crippen molar-refractivity contribution in [1.82, 2.24) is 50.1 Å². The fourth-order valence-electron chi connectivity index (χ4n) is 11.8. The van der Waals surface area contributed by atoms with Gasteiger partial charge in [-0.05, 0) is 73.9 Å². The number of nitrogens with zero attached hydrogens (tertiary/aromatic N) is 9. The molecule has 7 heterocycles. The molecule has 3 aromatic heterocycles. The van der Waals surface area contributed by atoms with Crippen LogP contribution in [0.4, 0.5) is 42.5 Å². The largest absolute Gasteiger partial charge is 0.494 e. The molecule has 4 aliphatic heterocycles. The molecule has 2 fully saturated rings. The number of ether oxygens (including phenoxy) is 5. The quantitative estimate of drug-likeness (QED) is 0.0326. The number of fused-ring (bicyclic) bond motifs is 3. The molecule has 0 bridgehead atoms. The summed E-state index contributed by atoms with van der Waals surface area (Å²) in [6.45, 7) is 5.49. The van der Waals surface area contributed by atoms with Crippen molar-refractivity contribution in [2.75, 3.05) is 135 Å². The van der Waals surface area contributed by atoms with E-state index in [1.807, 2.05) is 14.7 Å². The van der Waals surface area contributed by atoms with Crippen molar-refractivity contribution in [1.29, 1.82) is 5.41 Å². The van der Waals surface area contributed by atoms with Crippen molar-refractivity contribution in [2.45, 2.75) is 70.4 Å². The first-order chi connectivity index (χ1) is 42.6. The van der Waals surface area contributed by atoms with Crippen LogP contribution in [0.1, 0.15) is 78.9 Å². The molecule has 4 aliphatic rings. The molecule has 7 N–H and O–H groups in total. The van der Waals surface area contributed by atoms with Crippen molar-refractivity contribution in [3.05, 3.63) is 86.1 Å². The second-order valence-corrected chi connectivity index (χ2v) is 22.2. The number of amides is 5. The highest BCUT2D eigenvalue weighted by molar-refractivity contribution is 6.33. The number of hydrogen-bond acceptors (Lipinski definition) is 17. The molecule has 0 radical (unpaired) electrons. The maximum atomic E-state index is 14.7. The summed E-state index contributed by atoms with van der Waals surface area (Å²) in [5, 5.41) is 27.2. The van der Waals surface area contributed by atoms with Gasteiger partial charge in [-0.3, -0.25) is 23.9 Å². The monoisotopic (exact) mass is 1240 g/mol. The number of benzene rings is 2. The molecule has 5 amide bonds. The van der Waals surface area contributed by atoms with Crippen molar-refractivity contribution >= 4 is 87.0 Å². The second-order valence-electron chi connectivity index (χ2n) is 21.8. The van der Waals surface area contributed by atoms with Crippen LogP contribution in [0, 0.1) is 11.3 Å². The Kier molecular flexibility index (Phi) is 22.2. The normalized spacial score (nSPS) is 15.7. The third kappa shape index (κ3) is 15.1. The first-order valence-electron chi connectivity index (χ1n) is 29.8. The topological polar surface area (TPSA) is 282 Å². The standard InChI is InChI=1S/C60H78ClF2N15O10/c1-65-33-40(32-64)43-28-38-7-6-15-77(48(38)31-44(43)54(62)63)56-45-35-76(60(83)67-3)20-12-47(45)78(72-56)42-10-18-74(19-11-42)52(80)13-21-85-23-25-87-26-24-86-22-14-68-57(81)37-8-16-75(17-9-37)59-69-34-46(61)55(71-59)70-41-27-39-29-50(88-36-51(79)66-2)58(82)73(4)53(39)49(30-41)84-5/h27-34,37,42,54,64-65H,6-26,35-36H2,1-5H3,(H,66,79)(H,67,83)(H,68,81)(H,69,70,71)/p+1/b40-33+,64-32?. The minimum absolute atomic E-state index is 0.00142. The van der Waals surface area contributed by atoms with E-state index < -0.39 is 12.0 Å². The molecule has 25 nitrogen and oxygen atoms in total. The number of carbonyl (C=O) groups is 4. The summed E-state index contributed by atoms with van der Waals surface area (Å²) in [7, 11) is 7.96. The molecule has 2 saturated heterocycles. The summed E-state index contributed by atoms with van der Waals surface area (Å²) in [5.74, 6) is 1.25. The summed E-state index contributed by atoms with van der Waals surface area (Å²) in [6.07, 6.45) is 6.34. The van der Waals surface area contributed by atoms with E-state index in [0.29, 0.717) is 181 Å². The molecule has 474 valence electrons. The number of aryl methyl sites for hydroxylation is 2. The number of piperidine rings is 2. The fraction of sp³-hybridized carbons (Fsp3) is 0.517. The average Bonchev–Trinajstić information content (AvgIpc) is 1.55. The number of nitrogens with one attached hydrogen (secondary N) is 5. The summed E-state index contributed by atoms with van der Waals surface area (Å²) in [5.41, 5.74) is 4.76. The Morgan fingerprint density at radius 3 is 2.32 bits per heavy atom. The lowest BCUT2D eigenvalue weighted by molar-refractivity contribution is -0.555. The van der Waals surface area contributed by atoms with E-state index in [-0.39, 0.29) is 71.7 Å². The van der Waals surface area contributed by atoms with Crippen LogP contribution in [0.3, 0.4) is 0 Å². The molecule has 0 saturated carbocycles. The highest BCUT2D eigenvalue weighted by Gasteiger charge is 2.36. The Morgan fingerprint density at radius 2 is 1.62 bits per heavy atom. The highest BCUT2D eigenvalue weighted by atomic mass is 35.5. The van der Waals surface area contributed by atoms with Crippen molar-refractivity contribution in [3.8, 4) is 11.5 Å². The van der Waals surface area contributed by atoms with Crippen LogP contribution in [0.2, 0.25) is 5.02 Å². The number of quaternary nitrogens is 1. The third-order valence-electron chi connectivity index (χ3n) is 16.4. The minimum Gasteiger partial charge on any atom is -0.494 e. The van der Waals surface area contributed by atoms with E-state index in [1.54, 1.807) is 67.9 Å². The van der Waals surface area contributed by atoms with Crippen molar-refractivity contribution in [2.24, 2.45) is 13.0 Å². The predicted octanol–water partition coefficient (Wildman–Crippen LogP) is 4.59. The zero-order valence-electron chi connectivity index (χ0n) is 50.4. The molecular weight excluding hydrogens is 1160 g/mol. The SMILES string of the molecule is CNC(=O)COc1cc2cc(Nc3nc(N4CCC(C(=O)NCCOCCOCCOCCC(=O)N5CCC(n6nc(N7CCCc8cc(/C(C=N)=C/[NH2+]C)c(C(F)F)cc87)c7c6CCN(C(=O)NC)C7)CC5)CC4)ncc3Cl)cc(OC)c2n(C)c1=O. The van der Waals surface area contributed by atoms with E-state index in [9.17, 15) is 32.8 Å². The van der Waals surface area contributed by atoms with Gasteiger partial charge >= 0.3 is 6.03 Å². The first-order valence-corrected chi connectivity index (χ1v) is 30.2. The van der Waals surface area contributed by atoms with Crippen molar-refractivity contribution in [3.63, 3.8) is 0 Å². The zero-order chi connectivity index (χ0) is 62.4. The Morgan fingerprint density at radius 1 is 0.886 bits per heavy atom. The lowest BCUT2D eigenvalue weighted by atomic mass is 9.92. The van der Waals surface area contributed by atoms with Crippen molar-refractivity contribution < 1.29 is 57.0 Å². The van der Waals surface area contributed by atoms with Gasteiger partial charge in [-0.1, -0.05) is 11.6 Å². The van der Waals surface area contributed by atoms with Gasteiger partial charge in [0, 0.05) is 125 Å². The number of likely N-dealkylation sites (tertiary alicyclic amines) is 1. The summed E-state index contributed by atoms with van der Waals surface area (Å²) >= 11 is 6.57. The molecule has 9 rings (SSSR count). The highest BCUT2D eigenvalue weighted by Crippen LogP contribution is 2.43. The van der Waals surface area contributed by atoms with Gasteiger partial charge in [0.15, 0.2) is 24.0 Å². The van der Waals surface area contributed by atoms with Gasteiger partial charge < -0.3 is 79.8 Å². The van der Waals surface area contributed by atoms with Gasteiger partial charge in [0.2, 0.25) is 17.8 Å². The summed E-state index contributed by atoms with van der Waals surface area (Å²) < 4.78 is 61.2. The van der Waals surface area contributed by atoms with Crippen LogP contribution in [0.25, 0.3) is 16.5 Å². The third-order valence-corrected chi connectivity index (χ3v) is 16.7. The minimum atomic E-state index is -2.76. The maximum Gasteiger partial charge on any atom is 0.317 e. The van der Waals surface area contributed by atoms with Gasteiger partial charge in [-0.25, -0.2) is 18.6 Å². The van der Waals surface area contributed by atoms with E-state index in [2.05, 4.69) is 30.9 Å². The Balaban J connectivity index is 0.660. The number of allylic oxidation sites excluding steroid dienone is 1. The number of nitrogens with two attached hydrogens (primary N) is 1. The van der Waals surface area contributed by atoms with Crippen LogP contribution in [-0.2, 0) is 55.0 Å². The molecule has 2 aromatic carbocycles. The van der Waals surface area contributed by atoms with E-state index in [0.717, 1.165) is 29.5 Å². The van der Waals surface area contributed by atoms with Gasteiger partial charge in [0.05, 0.1) is 90.1 Å². The van der Waals surface area contributed by atoms with Crippen LogP contribution in [0.5, 0.6) is 11.5 Å². The molecule has 88 heavy (non-hydrogen) atoms. The Labute approximate surface area is 513 Å². The van der Waals surface area contributed by atoms with E-state index >= 15 is 0 Å². The number of urea groups is 1. The molecule has 0 spiro atoms. The predicted molar refractivity (Wildman–Crippen MR) is 328 cm³/mol. The van der Waals surface area contributed by atoms with E-state index in [4.69, 9.17) is 50.8 Å². The molecule has 28 heteroatoms. The molecule has 0 unspecified atom stereocenters. The smallest absolute Gasteiger partial charge is 0.317 e. The van der Waals surface area contributed by atoms with Gasteiger partial charge in [0.1, 0.15) is 17.0 Å². The lowest BCUT2D eigenvalue weighted by Gasteiger charge is -2.34. The molecule has 5 aromatic rings. The fourth-order valence-corrected chi connectivity index (χ4v) is 11.9. The summed E-state index contributed by atoms with van der Waals surface area (Å²) in [4.78, 5) is 81.0. The van der Waals surface area contributed by atoms with Gasteiger partial charge in [-0.15, -0.1) is 0 Å². The van der Waals surface area contributed by atoms with Gasteiger partial charge in [-0.2, -0.15) is 10.1 Å². The Bertz CT molecular complexity index is 3420. The maximum absolute atomic E-state index is 14.7. The lowest BCUT2D eigenvalue weighted by Crippen LogP contribution is -2.72. The zero-order valence-corrected chi connectivity index (χ0v) is 51.2. The second kappa shape index (κ2) is 30.3. The average molecular weight is 1240 g/mol. The number of carbonyl (C=O) groups excluding carboxylic acids is 4. The molecule has 0 aliphatic carbocycles. The number of alkyl halides is 2.